The Bertz CT molecular complexity index is 689. The van der Waals surface area contributed by atoms with Crippen molar-refractivity contribution in [1.82, 2.24) is 0 Å². The van der Waals surface area contributed by atoms with Crippen molar-refractivity contribution in [3.63, 3.8) is 0 Å². The van der Waals surface area contributed by atoms with E-state index in [0.717, 1.165) is 0 Å². The van der Waals surface area contributed by atoms with E-state index in [-0.39, 0.29) is 29.7 Å². The minimum atomic E-state index is -2.06. The number of carbonyl (C=O) groups is 1. The molecular formula is C16H18O7. The molecule has 4 N–H and O–H groups in total. The van der Waals surface area contributed by atoms with Crippen molar-refractivity contribution >= 4 is 5.97 Å². The number of hydrogen-bond donors (Lipinski definition) is 4. The molecule has 2 heterocycles. The topological polar surface area (TPSA) is 116 Å². The van der Waals surface area contributed by atoms with E-state index in [1.807, 2.05) is 0 Å². The lowest BCUT2D eigenvalue weighted by Crippen LogP contribution is -2.75. The van der Waals surface area contributed by atoms with Gasteiger partial charge in [0.2, 0.25) is 0 Å². The van der Waals surface area contributed by atoms with Crippen LogP contribution >= 0.6 is 0 Å². The average molecular weight is 322 g/mol. The number of hydrogen-bond acceptors (Lipinski definition) is 7. The molecule has 4 rings (SSSR count). The predicted octanol–water partition coefficient (Wildman–Crippen LogP) is 0.0668. The first-order valence-electron chi connectivity index (χ1n) is 7.59. The molecule has 0 radical (unpaired) electrons. The Morgan fingerprint density at radius 1 is 1.26 bits per heavy atom. The third-order valence-electron chi connectivity index (χ3n) is 5.46. The number of aliphatic hydroxyl groups excluding tert-OH is 2. The van der Waals surface area contributed by atoms with Gasteiger partial charge in [0, 0.05) is 12.0 Å². The Morgan fingerprint density at radius 3 is 2.74 bits per heavy atom. The van der Waals surface area contributed by atoms with Gasteiger partial charge in [-0.05, 0) is 18.6 Å². The van der Waals surface area contributed by atoms with E-state index in [1.165, 1.54) is 18.2 Å². The molecule has 124 valence electrons. The number of phenolic OH excluding ortho intramolecular Hbond substituents is 1. The lowest BCUT2D eigenvalue weighted by molar-refractivity contribution is -0.347. The molecule has 2 fully saturated rings. The van der Waals surface area contributed by atoms with E-state index in [9.17, 15) is 25.2 Å². The van der Waals surface area contributed by atoms with Crippen LogP contribution in [-0.4, -0.2) is 49.8 Å². The monoisotopic (exact) mass is 322 g/mol. The van der Waals surface area contributed by atoms with Gasteiger partial charge in [-0.3, -0.25) is 4.79 Å². The van der Waals surface area contributed by atoms with Crippen LogP contribution in [0.1, 0.15) is 43.1 Å². The Labute approximate surface area is 132 Å². The zero-order valence-electron chi connectivity index (χ0n) is 12.5. The largest absolute Gasteiger partial charge is 0.508 e. The second-order valence-corrected chi connectivity index (χ2v) is 6.58. The van der Waals surface area contributed by atoms with E-state index in [0.29, 0.717) is 0 Å². The first-order valence-corrected chi connectivity index (χ1v) is 7.59. The molecule has 23 heavy (non-hydrogen) atoms. The van der Waals surface area contributed by atoms with Crippen LogP contribution in [0.25, 0.3) is 0 Å². The quantitative estimate of drug-likeness (QED) is 0.499. The summed E-state index contributed by atoms with van der Waals surface area (Å²) in [6.07, 6.45) is -4.22. The van der Waals surface area contributed by atoms with Crippen molar-refractivity contribution in [3.8, 4) is 5.75 Å². The van der Waals surface area contributed by atoms with Crippen LogP contribution < -0.4 is 0 Å². The number of aromatic hydroxyl groups is 1. The molecule has 2 saturated heterocycles. The maximum absolute atomic E-state index is 12.0. The SMILES string of the molecule is CC1O[C@H]2CC(=O)O[C@@]3(C2)C(O)c2cccc(O)c2C(O)[C@@]13O. The standard InChI is InChI=1S/C16H18O7/c1-7-16(21)14(20)12-9(3-2-4-10(12)17)13(19)15(16)6-8(22-7)5-11(18)23-15/h2-4,7-8,13-14,17,19-21H,5-6H2,1H3/t7?,8-,13?,14?,15-,16-/m0/s1. The zero-order valence-corrected chi connectivity index (χ0v) is 12.5. The Kier molecular flexibility index (Phi) is 2.88. The summed E-state index contributed by atoms with van der Waals surface area (Å²) in [6, 6.07) is 4.42. The second kappa shape index (κ2) is 4.45. The highest BCUT2D eigenvalue weighted by molar-refractivity contribution is 5.72. The fourth-order valence-corrected chi connectivity index (χ4v) is 4.38. The summed E-state index contributed by atoms with van der Waals surface area (Å²) >= 11 is 0. The predicted molar refractivity (Wildman–Crippen MR) is 75.4 cm³/mol. The highest BCUT2D eigenvalue weighted by atomic mass is 16.6. The van der Waals surface area contributed by atoms with Gasteiger partial charge in [-0.1, -0.05) is 12.1 Å². The normalized spacial score (nSPS) is 45.0. The second-order valence-electron chi connectivity index (χ2n) is 6.58. The van der Waals surface area contributed by atoms with E-state index in [4.69, 9.17) is 9.47 Å². The van der Waals surface area contributed by atoms with Gasteiger partial charge < -0.3 is 29.9 Å². The Hall–Kier alpha value is -1.67. The van der Waals surface area contributed by atoms with E-state index in [1.54, 1.807) is 6.92 Å². The van der Waals surface area contributed by atoms with E-state index in [2.05, 4.69) is 0 Å². The fourth-order valence-electron chi connectivity index (χ4n) is 4.38. The maximum atomic E-state index is 12.0. The van der Waals surface area contributed by atoms with Crippen LogP contribution in [0.4, 0.5) is 0 Å². The summed E-state index contributed by atoms with van der Waals surface area (Å²) in [5, 5.41) is 43.0. The minimum Gasteiger partial charge on any atom is -0.508 e. The summed E-state index contributed by atoms with van der Waals surface area (Å²) in [6.45, 7) is 1.56. The Morgan fingerprint density at radius 2 is 2.00 bits per heavy atom. The zero-order chi connectivity index (χ0) is 16.6. The van der Waals surface area contributed by atoms with Gasteiger partial charge in [-0.15, -0.1) is 0 Å². The average Bonchev–Trinajstić information content (AvgIpc) is 2.49. The number of aliphatic hydroxyl groups is 3. The molecule has 0 aromatic heterocycles. The summed E-state index contributed by atoms with van der Waals surface area (Å²) in [5.41, 5.74) is -3.50. The van der Waals surface area contributed by atoms with Crippen LogP contribution in [0.3, 0.4) is 0 Å². The molecule has 1 spiro atoms. The molecular weight excluding hydrogens is 304 g/mol. The number of carbonyl (C=O) groups excluding carboxylic acids is 1. The lowest BCUT2D eigenvalue weighted by atomic mass is 9.59. The lowest BCUT2D eigenvalue weighted by Gasteiger charge is -2.61. The van der Waals surface area contributed by atoms with Gasteiger partial charge in [-0.2, -0.15) is 0 Å². The first kappa shape index (κ1) is 14.9. The molecule has 0 saturated carbocycles. The molecule has 7 nitrogen and oxygen atoms in total. The van der Waals surface area contributed by atoms with Gasteiger partial charge in [-0.25, -0.2) is 0 Å². The van der Waals surface area contributed by atoms with Crippen molar-refractivity contribution < 1.29 is 34.7 Å². The van der Waals surface area contributed by atoms with Crippen LogP contribution in [-0.2, 0) is 14.3 Å². The molecule has 0 amide bonds. The van der Waals surface area contributed by atoms with Crippen LogP contribution in [0.2, 0.25) is 0 Å². The molecule has 1 aromatic rings. The molecule has 3 unspecified atom stereocenters. The number of benzene rings is 1. The number of rotatable bonds is 0. The van der Waals surface area contributed by atoms with Gasteiger partial charge >= 0.3 is 5.97 Å². The van der Waals surface area contributed by atoms with Crippen molar-refractivity contribution in [3.05, 3.63) is 29.3 Å². The summed E-state index contributed by atoms with van der Waals surface area (Å²) < 4.78 is 11.1. The van der Waals surface area contributed by atoms with Crippen LogP contribution in [0.5, 0.6) is 5.75 Å². The van der Waals surface area contributed by atoms with Crippen LogP contribution in [0, 0.1) is 0 Å². The third-order valence-corrected chi connectivity index (χ3v) is 5.46. The fraction of sp³-hybridized carbons (Fsp3) is 0.562. The van der Waals surface area contributed by atoms with Gasteiger partial charge in [0.1, 0.15) is 18.0 Å². The number of ether oxygens (including phenoxy) is 2. The molecule has 2 aliphatic heterocycles. The van der Waals surface area contributed by atoms with Gasteiger partial charge in [0.25, 0.3) is 0 Å². The maximum Gasteiger partial charge on any atom is 0.309 e. The number of fused-ring (bicyclic) bond motifs is 2. The molecule has 3 aliphatic rings. The number of phenols is 1. The highest BCUT2D eigenvalue weighted by Crippen LogP contribution is 2.60. The van der Waals surface area contributed by atoms with E-state index >= 15 is 0 Å². The van der Waals surface area contributed by atoms with Crippen molar-refractivity contribution in [2.45, 2.75) is 55.4 Å². The van der Waals surface area contributed by atoms with Crippen molar-refractivity contribution in [2.24, 2.45) is 0 Å². The number of esters is 1. The Balaban J connectivity index is 1.99. The minimum absolute atomic E-state index is 0.0312. The summed E-state index contributed by atoms with van der Waals surface area (Å²) in [7, 11) is 0. The summed E-state index contributed by atoms with van der Waals surface area (Å²) in [4.78, 5) is 12.0. The van der Waals surface area contributed by atoms with Gasteiger partial charge in [0.05, 0.1) is 18.6 Å². The smallest absolute Gasteiger partial charge is 0.309 e. The summed E-state index contributed by atoms with van der Waals surface area (Å²) in [5.74, 6) is -0.838. The van der Waals surface area contributed by atoms with Crippen molar-refractivity contribution in [1.29, 1.82) is 0 Å². The van der Waals surface area contributed by atoms with Crippen molar-refractivity contribution in [2.75, 3.05) is 0 Å². The highest BCUT2D eigenvalue weighted by Gasteiger charge is 2.72. The first-order chi connectivity index (χ1) is 10.8. The van der Waals surface area contributed by atoms with Gasteiger partial charge in [0.15, 0.2) is 11.2 Å². The molecule has 2 bridgehead atoms. The van der Waals surface area contributed by atoms with Crippen LogP contribution in [0.15, 0.2) is 18.2 Å². The third kappa shape index (κ3) is 1.60. The molecule has 1 aromatic carbocycles. The van der Waals surface area contributed by atoms with E-state index < -0.39 is 41.6 Å². The molecule has 7 heteroatoms. The molecule has 6 atom stereocenters. The molecule has 1 aliphatic carbocycles.